The summed E-state index contributed by atoms with van der Waals surface area (Å²) in [7, 11) is 0. The summed E-state index contributed by atoms with van der Waals surface area (Å²) in [6, 6.07) is 6.41. The Kier molecular flexibility index (Phi) is 11.7. The molecule has 0 amide bonds. The minimum atomic E-state index is -0.350. The van der Waals surface area contributed by atoms with Crippen LogP contribution in [0.25, 0.3) is 0 Å². The van der Waals surface area contributed by atoms with Gasteiger partial charge >= 0.3 is 11.9 Å². The van der Waals surface area contributed by atoms with Gasteiger partial charge in [-0.25, -0.2) is 8.78 Å². The van der Waals surface area contributed by atoms with Crippen molar-refractivity contribution in [3.63, 3.8) is 0 Å². The molecule has 6 rings (SSSR count). The molecule has 6 nitrogen and oxygen atoms in total. The second kappa shape index (κ2) is 15.8. The molecule has 4 N–H and O–H groups in total. The Labute approximate surface area is 297 Å². The number of carbonyl (C=O) groups excluding carboxylic acids is 2. The van der Waals surface area contributed by atoms with E-state index < -0.39 is 0 Å². The summed E-state index contributed by atoms with van der Waals surface area (Å²) in [5.41, 5.74) is 16.2. The zero-order chi connectivity index (χ0) is 35.5. The van der Waals surface area contributed by atoms with E-state index in [0.29, 0.717) is 25.7 Å². The maximum absolute atomic E-state index is 15.3. The lowest BCUT2D eigenvalue weighted by molar-refractivity contribution is -0.135. The van der Waals surface area contributed by atoms with E-state index in [9.17, 15) is 9.59 Å². The molecule has 0 aliphatic heterocycles. The molecule has 2 aromatic carbocycles. The molecule has 0 aromatic heterocycles. The highest BCUT2D eigenvalue weighted by Gasteiger charge is 2.46. The highest BCUT2D eigenvalue weighted by Crippen LogP contribution is 2.49. The van der Waals surface area contributed by atoms with Gasteiger partial charge in [-0.3, -0.25) is 9.59 Å². The SMILES string of the molecule is CC12CCCCCC(Cc3c(F)cc(OC(=O)CCCCCCCCC(=O)Oc4cc(F)c5c(c4)C4(C)CCCCC[C@@H](C5)C4N)cc31)C2N. The van der Waals surface area contributed by atoms with Crippen molar-refractivity contribution in [2.45, 2.75) is 165 Å². The van der Waals surface area contributed by atoms with E-state index in [2.05, 4.69) is 13.8 Å². The Hall–Kier alpha value is -2.84. The molecule has 50 heavy (non-hydrogen) atoms. The van der Waals surface area contributed by atoms with Gasteiger partial charge in [0.05, 0.1) is 0 Å². The largest absolute Gasteiger partial charge is 0.426 e. The van der Waals surface area contributed by atoms with Gasteiger partial charge in [0, 0.05) is 47.9 Å². The van der Waals surface area contributed by atoms with Gasteiger partial charge in [0.25, 0.3) is 0 Å². The lowest BCUT2D eigenvalue weighted by atomic mass is 9.60. The standard InChI is InChI=1S/C42H58F2N2O4/c1-41-19-13-7-9-15-27(39(41)45)21-31-33(41)23-29(25-35(31)43)49-37(47)17-11-5-3-4-6-12-18-38(48)50-30-24-34-32(36(44)26-30)22-28-16-10-8-14-20-42(34,2)40(28)46/h23-28,39-40H,3-22,45-46H2,1-2H3/t27-,28?,39?,40?,41?,42?/m0/s1. The molecule has 5 unspecified atom stereocenters. The van der Waals surface area contributed by atoms with Crippen LogP contribution in [-0.2, 0) is 33.3 Å². The number of hydrogen-bond acceptors (Lipinski definition) is 6. The molecule has 0 saturated heterocycles. The fourth-order valence-electron chi connectivity index (χ4n) is 9.88. The topological polar surface area (TPSA) is 105 Å². The van der Waals surface area contributed by atoms with Gasteiger partial charge in [-0.05, 0) is 97.6 Å². The fourth-order valence-corrected chi connectivity index (χ4v) is 9.88. The minimum Gasteiger partial charge on any atom is -0.426 e. The van der Waals surface area contributed by atoms with Crippen molar-refractivity contribution >= 4 is 11.9 Å². The third-order valence-electron chi connectivity index (χ3n) is 13.0. The second-order valence-corrected chi connectivity index (χ2v) is 16.4. The molecular weight excluding hydrogens is 634 g/mol. The Morgan fingerprint density at radius 3 is 1.46 bits per heavy atom. The molecule has 0 spiro atoms. The van der Waals surface area contributed by atoms with Gasteiger partial charge in [0.1, 0.15) is 23.1 Å². The summed E-state index contributed by atoms with van der Waals surface area (Å²) in [6.45, 7) is 4.31. The van der Waals surface area contributed by atoms with Crippen LogP contribution in [0.3, 0.4) is 0 Å². The maximum Gasteiger partial charge on any atom is 0.311 e. The summed E-state index contributed by atoms with van der Waals surface area (Å²) >= 11 is 0. The molecule has 2 fully saturated rings. The van der Waals surface area contributed by atoms with Gasteiger partial charge in [0.2, 0.25) is 0 Å². The van der Waals surface area contributed by atoms with Crippen molar-refractivity contribution < 1.29 is 27.8 Å². The smallest absolute Gasteiger partial charge is 0.311 e. The number of esters is 2. The lowest BCUT2D eigenvalue weighted by Gasteiger charge is -2.47. The Morgan fingerprint density at radius 2 is 1.04 bits per heavy atom. The summed E-state index contributed by atoms with van der Waals surface area (Å²) in [5.74, 6) is -0.164. The van der Waals surface area contributed by atoms with E-state index in [0.717, 1.165) is 99.3 Å². The van der Waals surface area contributed by atoms with E-state index in [4.69, 9.17) is 20.9 Å². The van der Waals surface area contributed by atoms with Gasteiger partial charge in [-0.2, -0.15) is 0 Å². The highest BCUT2D eigenvalue weighted by molar-refractivity contribution is 5.73. The van der Waals surface area contributed by atoms with Crippen LogP contribution in [0.4, 0.5) is 8.78 Å². The van der Waals surface area contributed by atoms with Crippen molar-refractivity contribution in [1.82, 2.24) is 0 Å². The molecule has 0 heterocycles. The number of unbranched alkanes of at least 4 members (excludes halogenated alkanes) is 5. The van der Waals surface area contributed by atoms with Crippen LogP contribution in [0.1, 0.15) is 152 Å². The number of hydrogen-bond donors (Lipinski definition) is 2. The number of nitrogens with two attached hydrogens (primary N) is 2. The average Bonchev–Trinajstić information content (AvgIpc) is 3.07. The highest BCUT2D eigenvalue weighted by atomic mass is 19.1. The van der Waals surface area contributed by atoms with Gasteiger partial charge < -0.3 is 20.9 Å². The lowest BCUT2D eigenvalue weighted by Crippen LogP contribution is -2.53. The summed E-state index contributed by atoms with van der Waals surface area (Å²) in [6.07, 6.45) is 17.5. The fraction of sp³-hybridized carbons (Fsp3) is 0.667. The number of carbonyl (C=O) groups is 2. The predicted molar refractivity (Wildman–Crippen MR) is 192 cm³/mol. The summed E-state index contributed by atoms with van der Waals surface area (Å²) in [4.78, 5) is 25.4. The quantitative estimate of drug-likeness (QED) is 0.138. The molecule has 8 heteroatoms. The third kappa shape index (κ3) is 7.81. The van der Waals surface area contributed by atoms with E-state index in [1.165, 1.54) is 25.0 Å². The van der Waals surface area contributed by atoms with E-state index in [-0.39, 0.29) is 82.7 Å². The van der Waals surface area contributed by atoms with Crippen LogP contribution < -0.4 is 20.9 Å². The van der Waals surface area contributed by atoms with Gasteiger partial charge in [-0.1, -0.05) is 78.1 Å². The normalized spacial score (nSPS) is 29.0. The van der Waals surface area contributed by atoms with Crippen LogP contribution >= 0.6 is 0 Å². The molecule has 274 valence electrons. The molecule has 4 aliphatic rings. The Morgan fingerprint density at radius 1 is 0.640 bits per heavy atom. The molecule has 4 bridgehead atoms. The number of fused-ring (bicyclic) bond motifs is 8. The first-order valence-corrected chi connectivity index (χ1v) is 19.6. The molecule has 6 atom stereocenters. The third-order valence-corrected chi connectivity index (χ3v) is 13.0. The van der Waals surface area contributed by atoms with Crippen molar-refractivity contribution in [3.05, 3.63) is 58.2 Å². The monoisotopic (exact) mass is 692 g/mol. The first-order valence-electron chi connectivity index (χ1n) is 19.6. The number of ether oxygens (including phenoxy) is 2. The first kappa shape index (κ1) is 36.9. The average molecular weight is 693 g/mol. The predicted octanol–water partition coefficient (Wildman–Crippen LogP) is 9.04. The summed E-state index contributed by atoms with van der Waals surface area (Å²) in [5, 5.41) is 0. The zero-order valence-corrected chi connectivity index (χ0v) is 30.3. The van der Waals surface area contributed by atoms with E-state index >= 15 is 8.78 Å². The minimum absolute atomic E-state index is 0.0253. The van der Waals surface area contributed by atoms with Crippen molar-refractivity contribution in [2.75, 3.05) is 0 Å². The van der Waals surface area contributed by atoms with Gasteiger partial charge in [0.15, 0.2) is 0 Å². The first-order chi connectivity index (χ1) is 24.0. The van der Waals surface area contributed by atoms with Crippen molar-refractivity contribution in [2.24, 2.45) is 23.3 Å². The van der Waals surface area contributed by atoms with Crippen LogP contribution in [-0.4, -0.2) is 24.0 Å². The number of benzene rings is 2. The Bertz CT molecular complexity index is 1430. The van der Waals surface area contributed by atoms with Crippen molar-refractivity contribution in [1.29, 1.82) is 0 Å². The zero-order valence-electron chi connectivity index (χ0n) is 30.3. The van der Waals surface area contributed by atoms with E-state index in [1.807, 2.05) is 12.1 Å². The van der Waals surface area contributed by atoms with Crippen LogP contribution in [0.15, 0.2) is 24.3 Å². The maximum atomic E-state index is 15.3. The molecular formula is C42H58F2N2O4. The number of rotatable bonds is 11. The van der Waals surface area contributed by atoms with Crippen LogP contribution in [0, 0.1) is 23.5 Å². The summed E-state index contributed by atoms with van der Waals surface area (Å²) < 4.78 is 41.9. The second-order valence-electron chi connectivity index (χ2n) is 16.4. The number of halogens is 2. The Balaban J connectivity index is 0.909. The van der Waals surface area contributed by atoms with Crippen LogP contribution in [0.5, 0.6) is 11.5 Å². The van der Waals surface area contributed by atoms with Crippen molar-refractivity contribution in [3.8, 4) is 11.5 Å². The molecule has 0 radical (unpaired) electrons. The molecule has 4 aliphatic carbocycles. The molecule has 2 aromatic rings. The van der Waals surface area contributed by atoms with Crippen LogP contribution in [0.2, 0.25) is 0 Å². The van der Waals surface area contributed by atoms with Gasteiger partial charge in [-0.15, -0.1) is 0 Å². The molecule has 2 saturated carbocycles. The van der Waals surface area contributed by atoms with E-state index in [1.54, 1.807) is 0 Å².